The molecule has 2 aromatic rings. The molecule has 0 aromatic carbocycles. The van der Waals surface area contributed by atoms with E-state index < -0.39 is 0 Å². The smallest absolute Gasteiger partial charge is 0.157 e. The highest BCUT2D eigenvalue weighted by Gasteiger charge is 2.54. The first kappa shape index (κ1) is 15.2. The quantitative estimate of drug-likeness (QED) is 0.750. The topological polar surface area (TPSA) is 30.7 Å². The minimum absolute atomic E-state index is 0.330. The van der Waals surface area contributed by atoms with Crippen molar-refractivity contribution in [2.24, 2.45) is 16.2 Å². The van der Waals surface area contributed by atoms with Gasteiger partial charge in [0.05, 0.1) is 12.2 Å². The molecule has 2 saturated carbocycles. The van der Waals surface area contributed by atoms with E-state index in [1.165, 1.54) is 30.2 Å². The number of aromatic nitrogens is 3. The average molecular weight is 311 g/mol. The van der Waals surface area contributed by atoms with Crippen molar-refractivity contribution >= 4 is 11.0 Å². The third-order valence-corrected chi connectivity index (χ3v) is 7.11. The molecule has 0 amide bonds. The summed E-state index contributed by atoms with van der Waals surface area (Å²) >= 11 is 0. The number of hydrogen-bond donors (Lipinski definition) is 0. The summed E-state index contributed by atoms with van der Waals surface area (Å²) in [6, 6.07) is 2.86. The normalized spacial score (nSPS) is 28.3. The number of hydrogen-bond acceptors (Lipinski definition) is 2. The second kappa shape index (κ2) is 4.37. The van der Waals surface area contributed by atoms with Gasteiger partial charge in [-0.05, 0) is 53.1 Å². The van der Waals surface area contributed by atoms with Crippen LogP contribution in [0.1, 0.15) is 78.3 Å². The Morgan fingerprint density at radius 1 is 1.00 bits per heavy atom. The van der Waals surface area contributed by atoms with Crippen LogP contribution in [-0.2, 0) is 0 Å². The number of rotatable bonds is 2. The van der Waals surface area contributed by atoms with Crippen LogP contribution in [0.4, 0.5) is 0 Å². The third kappa shape index (κ3) is 2.08. The summed E-state index contributed by atoms with van der Waals surface area (Å²) in [4.78, 5) is 4.81. The number of pyridine rings is 1. The lowest BCUT2D eigenvalue weighted by Crippen LogP contribution is -2.49. The molecule has 0 aliphatic heterocycles. The molecule has 2 heterocycles. The fourth-order valence-corrected chi connectivity index (χ4v) is 4.71. The predicted octanol–water partition coefficient (Wildman–Crippen LogP) is 5.33. The molecule has 2 fully saturated rings. The number of fused-ring (bicyclic) bond motifs is 1. The highest BCUT2D eigenvalue weighted by molar-refractivity contribution is 5.75. The van der Waals surface area contributed by atoms with Crippen LogP contribution in [0.15, 0.2) is 18.5 Å². The fourth-order valence-electron chi connectivity index (χ4n) is 4.71. The Kier molecular flexibility index (Phi) is 2.88. The summed E-state index contributed by atoms with van der Waals surface area (Å²) < 4.78 is 2.15. The Morgan fingerprint density at radius 2 is 1.70 bits per heavy atom. The van der Waals surface area contributed by atoms with Gasteiger partial charge in [-0.3, -0.25) is 0 Å². The van der Waals surface area contributed by atoms with Gasteiger partial charge < -0.3 is 0 Å². The second-order valence-corrected chi connectivity index (χ2v) is 9.86. The minimum Gasteiger partial charge on any atom is -0.244 e. The van der Waals surface area contributed by atoms with E-state index in [0.29, 0.717) is 28.2 Å². The Hall–Kier alpha value is -1.38. The third-order valence-electron chi connectivity index (χ3n) is 7.11. The molecule has 0 N–H and O–H groups in total. The van der Waals surface area contributed by atoms with Gasteiger partial charge >= 0.3 is 0 Å². The first-order chi connectivity index (χ1) is 10.6. The molecule has 2 aliphatic carbocycles. The Labute approximate surface area is 139 Å². The number of nitrogens with zero attached hydrogens (tertiary/aromatic N) is 3. The van der Waals surface area contributed by atoms with Crippen molar-refractivity contribution in [1.29, 1.82) is 0 Å². The molecule has 23 heavy (non-hydrogen) atoms. The van der Waals surface area contributed by atoms with Crippen LogP contribution in [-0.4, -0.2) is 14.8 Å². The summed E-state index contributed by atoms with van der Waals surface area (Å²) in [6.45, 7) is 14.2. The summed E-state index contributed by atoms with van der Waals surface area (Å²) in [5, 5.41) is 5.85. The highest BCUT2D eigenvalue weighted by atomic mass is 15.3. The fraction of sp³-hybridized carbons (Fsp3) is 0.700. The summed E-state index contributed by atoms with van der Waals surface area (Å²) in [7, 11) is 0. The molecule has 3 nitrogen and oxygen atoms in total. The van der Waals surface area contributed by atoms with Crippen LogP contribution in [0.5, 0.6) is 0 Å². The van der Waals surface area contributed by atoms with Gasteiger partial charge in [-0.2, -0.15) is 5.10 Å². The van der Waals surface area contributed by atoms with Gasteiger partial charge in [0, 0.05) is 11.6 Å². The lowest BCUT2D eigenvalue weighted by atomic mass is 9.45. The lowest BCUT2D eigenvalue weighted by molar-refractivity contribution is -0.0487. The van der Waals surface area contributed by atoms with E-state index in [1.54, 1.807) is 0 Å². The van der Waals surface area contributed by atoms with Gasteiger partial charge in [0.2, 0.25) is 0 Å². The van der Waals surface area contributed by atoms with Crippen LogP contribution in [0.25, 0.3) is 11.0 Å². The van der Waals surface area contributed by atoms with Crippen molar-refractivity contribution in [2.45, 2.75) is 72.8 Å². The maximum atomic E-state index is 4.81. The Bertz CT molecular complexity index is 758. The van der Waals surface area contributed by atoms with Gasteiger partial charge in [-0.25, -0.2) is 9.67 Å². The van der Waals surface area contributed by atoms with Crippen LogP contribution in [0.3, 0.4) is 0 Å². The maximum absolute atomic E-state index is 4.81. The van der Waals surface area contributed by atoms with Crippen LogP contribution < -0.4 is 0 Å². The molecule has 0 saturated heterocycles. The molecule has 2 aliphatic rings. The SMILES string of the molecule is CC1(C)CC(n2ncc3cc(C4CC(C)(C)C4(C)C)cnc32)C1. The first-order valence-electron chi connectivity index (χ1n) is 8.94. The largest absolute Gasteiger partial charge is 0.244 e. The summed E-state index contributed by atoms with van der Waals surface area (Å²) in [5.74, 6) is 0.611. The van der Waals surface area contributed by atoms with E-state index in [9.17, 15) is 0 Å². The van der Waals surface area contributed by atoms with Crippen molar-refractivity contribution in [3.05, 3.63) is 24.0 Å². The standard InChI is InChI=1S/C20H29N3/c1-18(2)8-15(9-18)23-17-14(12-22-23)7-13(11-21-17)16-10-19(3,4)20(16,5)6/h7,11-12,15-16H,8-10H2,1-6H3. The molecule has 4 rings (SSSR count). The molecule has 0 radical (unpaired) electrons. The maximum Gasteiger partial charge on any atom is 0.157 e. The van der Waals surface area contributed by atoms with Crippen molar-refractivity contribution in [2.75, 3.05) is 0 Å². The molecular weight excluding hydrogens is 282 g/mol. The van der Waals surface area contributed by atoms with E-state index in [2.05, 4.69) is 63.6 Å². The van der Waals surface area contributed by atoms with Gasteiger partial charge in [-0.1, -0.05) is 41.5 Å². The average Bonchev–Trinajstić information content (AvgIpc) is 2.84. The van der Waals surface area contributed by atoms with Gasteiger partial charge in [0.25, 0.3) is 0 Å². The minimum atomic E-state index is 0.330. The molecule has 2 aromatic heterocycles. The highest BCUT2D eigenvalue weighted by Crippen LogP contribution is 2.64. The molecule has 1 atom stereocenters. The molecule has 3 heteroatoms. The Balaban J connectivity index is 1.64. The van der Waals surface area contributed by atoms with Crippen molar-refractivity contribution in [3.63, 3.8) is 0 Å². The monoisotopic (exact) mass is 311 g/mol. The first-order valence-corrected chi connectivity index (χ1v) is 8.94. The second-order valence-electron chi connectivity index (χ2n) is 9.86. The van der Waals surface area contributed by atoms with Crippen LogP contribution in [0, 0.1) is 16.2 Å². The molecular formula is C20H29N3. The zero-order valence-corrected chi connectivity index (χ0v) is 15.3. The molecule has 124 valence electrons. The van der Waals surface area contributed by atoms with Gasteiger partial charge in [0.15, 0.2) is 5.65 Å². The molecule has 0 bridgehead atoms. The van der Waals surface area contributed by atoms with E-state index in [1.807, 2.05) is 6.20 Å². The van der Waals surface area contributed by atoms with Crippen LogP contribution >= 0.6 is 0 Å². The van der Waals surface area contributed by atoms with Crippen molar-refractivity contribution in [3.8, 4) is 0 Å². The Morgan fingerprint density at radius 3 is 2.26 bits per heavy atom. The zero-order valence-electron chi connectivity index (χ0n) is 15.3. The lowest BCUT2D eigenvalue weighted by Gasteiger charge is -2.59. The van der Waals surface area contributed by atoms with Gasteiger partial charge in [-0.15, -0.1) is 0 Å². The predicted molar refractivity (Wildman–Crippen MR) is 94.5 cm³/mol. The van der Waals surface area contributed by atoms with Crippen molar-refractivity contribution < 1.29 is 0 Å². The van der Waals surface area contributed by atoms with Crippen LogP contribution in [0.2, 0.25) is 0 Å². The van der Waals surface area contributed by atoms with E-state index >= 15 is 0 Å². The van der Waals surface area contributed by atoms with E-state index in [-0.39, 0.29) is 0 Å². The molecule has 0 spiro atoms. The van der Waals surface area contributed by atoms with Crippen molar-refractivity contribution in [1.82, 2.24) is 14.8 Å². The van der Waals surface area contributed by atoms with Gasteiger partial charge in [0.1, 0.15) is 0 Å². The zero-order chi connectivity index (χ0) is 16.6. The van der Waals surface area contributed by atoms with E-state index in [0.717, 1.165) is 5.65 Å². The molecule has 1 unspecified atom stereocenters. The summed E-state index contributed by atoms with van der Waals surface area (Å²) in [6.07, 6.45) is 7.77. The summed E-state index contributed by atoms with van der Waals surface area (Å²) in [5.41, 5.74) is 3.65. The van der Waals surface area contributed by atoms with E-state index in [4.69, 9.17) is 4.98 Å².